The molecule has 20 heavy (non-hydrogen) atoms. The minimum atomic E-state index is -0.195. The minimum Gasteiger partial charge on any atom is -0.381 e. The van der Waals surface area contributed by atoms with Gasteiger partial charge in [0.25, 0.3) is 0 Å². The van der Waals surface area contributed by atoms with E-state index in [4.69, 9.17) is 10.5 Å². The summed E-state index contributed by atoms with van der Waals surface area (Å²) in [6, 6.07) is 7.29. The van der Waals surface area contributed by atoms with Crippen LogP contribution in [-0.4, -0.2) is 25.8 Å². The van der Waals surface area contributed by atoms with Gasteiger partial charge >= 0.3 is 6.03 Å². The van der Waals surface area contributed by atoms with Crippen molar-refractivity contribution in [2.24, 2.45) is 5.73 Å². The SMILES string of the molecule is CCCCOCCCNC(=O)Nc1ccc(CN)cc1. The molecule has 0 saturated carbocycles. The van der Waals surface area contributed by atoms with Gasteiger partial charge in [0, 0.05) is 32.0 Å². The van der Waals surface area contributed by atoms with Crippen molar-refractivity contribution in [2.75, 3.05) is 25.1 Å². The zero-order chi connectivity index (χ0) is 14.6. The van der Waals surface area contributed by atoms with Crippen LogP contribution < -0.4 is 16.4 Å². The molecule has 0 spiro atoms. The van der Waals surface area contributed by atoms with Gasteiger partial charge in [-0.05, 0) is 30.5 Å². The van der Waals surface area contributed by atoms with Crippen molar-refractivity contribution in [3.63, 3.8) is 0 Å². The topological polar surface area (TPSA) is 76.4 Å². The molecule has 0 aromatic heterocycles. The maximum atomic E-state index is 11.6. The smallest absolute Gasteiger partial charge is 0.319 e. The van der Waals surface area contributed by atoms with Crippen LogP contribution in [0.1, 0.15) is 31.7 Å². The van der Waals surface area contributed by atoms with Gasteiger partial charge in [-0.3, -0.25) is 0 Å². The summed E-state index contributed by atoms with van der Waals surface area (Å²) in [6.45, 7) is 4.74. The number of hydrogen-bond acceptors (Lipinski definition) is 3. The predicted molar refractivity (Wildman–Crippen MR) is 81.7 cm³/mol. The molecule has 0 aliphatic rings. The Morgan fingerprint density at radius 1 is 1.20 bits per heavy atom. The Kier molecular flexibility index (Phi) is 8.42. The van der Waals surface area contributed by atoms with Gasteiger partial charge in [0.05, 0.1) is 0 Å². The van der Waals surface area contributed by atoms with Gasteiger partial charge in [-0.2, -0.15) is 0 Å². The summed E-state index contributed by atoms with van der Waals surface area (Å²) in [5, 5.41) is 5.57. The molecule has 1 aromatic rings. The second kappa shape index (κ2) is 10.2. The molecular formula is C15H25N3O2. The highest BCUT2D eigenvalue weighted by Crippen LogP contribution is 2.08. The van der Waals surface area contributed by atoms with E-state index in [9.17, 15) is 4.79 Å². The maximum Gasteiger partial charge on any atom is 0.319 e. The average molecular weight is 279 g/mol. The Morgan fingerprint density at radius 2 is 1.90 bits per heavy atom. The zero-order valence-corrected chi connectivity index (χ0v) is 12.2. The highest BCUT2D eigenvalue weighted by atomic mass is 16.5. The van der Waals surface area contributed by atoms with Crippen molar-refractivity contribution in [3.8, 4) is 0 Å². The molecule has 0 aliphatic carbocycles. The molecule has 0 heterocycles. The van der Waals surface area contributed by atoms with Gasteiger partial charge in [-0.25, -0.2) is 4.79 Å². The van der Waals surface area contributed by atoms with E-state index in [1.165, 1.54) is 0 Å². The zero-order valence-electron chi connectivity index (χ0n) is 12.2. The molecule has 0 unspecified atom stereocenters. The van der Waals surface area contributed by atoms with Crippen LogP contribution in [0.3, 0.4) is 0 Å². The van der Waals surface area contributed by atoms with E-state index in [0.29, 0.717) is 19.7 Å². The molecule has 0 aliphatic heterocycles. The number of urea groups is 1. The van der Waals surface area contributed by atoms with E-state index in [1.807, 2.05) is 24.3 Å². The van der Waals surface area contributed by atoms with Crippen molar-refractivity contribution in [1.82, 2.24) is 5.32 Å². The molecule has 1 rings (SSSR count). The van der Waals surface area contributed by atoms with Crippen molar-refractivity contribution in [1.29, 1.82) is 0 Å². The van der Waals surface area contributed by atoms with Crippen LogP contribution in [0.25, 0.3) is 0 Å². The van der Waals surface area contributed by atoms with Gasteiger partial charge in [0.15, 0.2) is 0 Å². The van der Waals surface area contributed by atoms with Gasteiger partial charge in [0.2, 0.25) is 0 Å². The predicted octanol–water partition coefficient (Wildman–Crippen LogP) is 2.47. The Bertz CT molecular complexity index is 379. The summed E-state index contributed by atoms with van der Waals surface area (Å²) in [6.07, 6.45) is 3.06. The molecule has 0 radical (unpaired) electrons. The number of amides is 2. The lowest BCUT2D eigenvalue weighted by atomic mass is 10.2. The van der Waals surface area contributed by atoms with Crippen LogP contribution in [0.2, 0.25) is 0 Å². The van der Waals surface area contributed by atoms with E-state index in [-0.39, 0.29) is 6.03 Å². The minimum absolute atomic E-state index is 0.195. The lowest BCUT2D eigenvalue weighted by Gasteiger charge is -2.08. The largest absolute Gasteiger partial charge is 0.381 e. The molecule has 0 bridgehead atoms. The number of carbonyl (C=O) groups excluding carboxylic acids is 1. The molecule has 2 amide bonds. The van der Waals surface area contributed by atoms with Crippen molar-refractivity contribution < 1.29 is 9.53 Å². The first-order valence-electron chi connectivity index (χ1n) is 7.18. The lowest BCUT2D eigenvalue weighted by molar-refractivity contribution is 0.129. The number of ether oxygens (including phenoxy) is 1. The standard InChI is InChI=1S/C15H25N3O2/c1-2-3-10-20-11-4-9-17-15(19)18-14-7-5-13(12-16)6-8-14/h5-8H,2-4,9-12,16H2,1H3,(H2,17,18,19). The third-order valence-electron chi connectivity index (χ3n) is 2.84. The van der Waals surface area contributed by atoms with Gasteiger partial charge in [-0.15, -0.1) is 0 Å². The average Bonchev–Trinajstić information content (AvgIpc) is 2.47. The van der Waals surface area contributed by atoms with E-state index in [2.05, 4.69) is 17.6 Å². The number of unbranched alkanes of at least 4 members (excludes halogenated alkanes) is 1. The van der Waals surface area contributed by atoms with E-state index in [0.717, 1.165) is 37.1 Å². The number of anilines is 1. The van der Waals surface area contributed by atoms with Crippen molar-refractivity contribution in [2.45, 2.75) is 32.7 Å². The number of hydrogen-bond donors (Lipinski definition) is 3. The second-order valence-corrected chi connectivity index (χ2v) is 4.60. The highest BCUT2D eigenvalue weighted by Gasteiger charge is 2.00. The van der Waals surface area contributed by atoms with E-state index >= 15 is 0 Å². The summed E-state index contributed by atoms with van der Waals surface area (Å²) in [5.41, 5.74) is 7.32. The molecule has 1 aromatic carbocycles. The fourth-order valence-electron chi connectivity index (χ4n) is 1.62. The Labute approximate surface area is 120 Å². The fourth-order valence-corrected chi connectivity index (χ4v) is 1.62. The normalized spacial score (nSPS) is 10.3. The van der Waals surface area contributed by atoms with Gasteiger partial charge in [0.1, 0.15) is 0 Å². The molecular weight excluding hydrogens is 254 g/mol. The van der Waals surface area contributed by atoms with Crippen molar-refractivity contribution >= 4 is 11.7 Å². The molecule has 112 valence electrons. The first-order chi connectivity index (χ1) is 9.76. The quantitative estimate of drug-likeness (QED) is 0.608. The molecule has 5 nitrogen and oxygen atoms in total. The highest BCUT2D eigenvalue weighted by molar-refractivity contribution is 5.89. The Hall–Kier alpha value is -1.59. The van der Waals surface area contributed by atoms with E-state index < -0.39 is 0 Å². The third-order valence-corrected chi connectivity index (χ3v) is 2.84. The van der Waals surface area contributed by atoms with Crippen LogP contribution in [-0.2, 0) is 11.3 Å². The van der Waals surface area contributed by atoms with Gasteiger partial charge < -0.3 is 21.1 Å². The first-order valence-corrected chi connectivity index (χ1v) is 7.18. The number of rotatable bonds is 9. The number of benzene rings is 1. The Morgan fingerprint density at radius 3 is 2.55 bits per heavy atom. The Balaban J connectivity index is 2.10. The summed E-state index contributed by atoms with van der Waals surface area (Å²) in [4.78, 5) is 11.6. The van der Waals surface area contributed by atoms with Crippen LogP contribution >= 0.6 is 0 Å². The summed E-state index contributed by atoms with van der Waals surface area (Å²) >= 11 is 0. The number of nitrogens with two attached hydrogens (primary N) is 1. The molecule has 0 fully saturated rings. The number of nitrogens with one attached hydrogen (secondary N) is 2. The second-order valence-electron chi connectivity index (χ2n) is 4.60. The first kappa shape index (κ1) is 16.5. The monoisotopic (exact) mass is 279 g/mol. The van der Waals surface area contributed by atoms with Crippen molar-refractivity contribution in [3.05, 3.63) is 29.8 Å². The maximum absolute atomic E-state index is 11.6. The molecule has 5 heteroatoms. The van der Waals surface area contributed by atoms with Gasteiger partial charge in [-0.1, -0.05) is 25.5 Å². The third kappa shape index (κ3) is 7.11. The van der Waals surface area contributed by atoms with Crippen LogP contribution in [0.15, 0.2) is 24.3 Å². The fraction of sp³-hybridized carbons (Fsp3) is 0.533. The lowest BCUT2D eigenvalue weighted by Crippen LogP contribution is -2.30. The molecule has 4 N–H and O–H groups in total. The molecule has 0 atom stereocenters. The molecule has 0 saturated heterocycles. The summed E-state index contributed by atoms with van der Waals surface area (Å²) in [7, 11) is 0. The number of carbonyl (C=O) groups is 1. The van der Waals surface area contributed by atoms with Crippen LogP contribution in [0.5, 0.6) is 0 Å². The van der Waals surface area contributed by atoms with Crippen LogP contribution in [0, 0.1) is 0 Å². The summed E-state index contributed by atoms with van der Waals surface area (Å²) < 4.78 is 5.42. The van der Waals surface area contributed by atoms with E-state index in [1.54, 1.807) is 0 Å². The van der Waals surface area contributed by atoms with Crippen LogP contribution in [0.4, 0.5) is 10.5 Å². The summed E-state index contributed by atoms with van der Waals surface area (Å²) in [5.74, 6) is 0.